The van der Waals surface area contributed by atoms with E-state index in [4.69, 9.17) is 11.2 Å². The van der Waals surface area contributed by atoms with Crippen LogP contribution in [-0.4, -0.2) is 13.7 Å². The predicted molar refractivity (Wildman–Crippen MR) is 62.8 cm³/mol. The Kier molecular flexibility index (Phi) is 4.81. The van der Waals surface area contributed by atoms with E-state index in [1.807, 2.05) is 6.92 Å². The van der Waals surface area contributed by atoms with Crippen molar-refractivity contribution in [2.75, 3.05) is 13.7 Å². The molecule has 0 radical (unpaired) electrons. The Balaban J connectivity index is 3.11. The number of nitrogens with one attached hydrogen (secondary N) is 1. The molecular formula is C13H16FNO. The number of rotatable bonds is 5. The van der Waals surface area contributed by atoms with Gasteiger partial charge in [-0.2, -0.15) is 0 Å². The van der Waals surface area contributed by atoms with Crippen molar-refractivity contribution in [3.05, 3.63) is 29.6 Å². The molecule has 16 heavy (non-hydrogen) atoms. The zero-order valence-corrected chi connectivity index (χ0v) is 9.59. The van der Waals surface area contributed by atoms with E-state index in [1.165, 1.54) is 13.2 Å². The van der Waals surface area contributed by atoms with Gasteiger partial charge < -0.3 is 10.1 Å². The predicted octanol–water partition coefficient (Wildman–Crippen LogP) is 2.51. The molecular weight excluding hydrogens is 205 g/mol. The molecule has 86 valence electrons. The number of hydrogen-bond donors (Lipinski definition) is 1. The number of halogens is 1. The molecule has 1 unspecified atom stereocenters. The van der Waals surface area contributed by atoms with Crippen LogP contribution in [0.4, 0.5) is 4.39 Å². The largest absolute Gasteiger partial charge is 0.496 e. The van der Waals surface area contributed by atoms with Gasteiger partial charge in [0, 0.05) is 18.0 Å². The average molecular weight is 221 g/mol. The van der Waals surface area contributed by atoms with Crippen molar-refractivity contribution >= 4 is 0 Å². The normalized spacial score (nSPS) is 11.9. The minimum Gasteiger partial charge on any atom is -0.496 e. The topological polar surface area (TPSA) is 21.3 Å². The first-order valence-electron chi connectivity index (χ1n) is 5.23. The Hall–Kier alpha value is -1.53. The Bertz CT molecular complexity index is 384. The maximum Gasteiger partial charge on any atom is 0.131 e. The molecule has 2 nitrogen and oxygen atoms in total. The molecule has 1 N–H and O–H groups in total. The second-order valence-corrected chi connectivity index (χ2v) is 3.37. The van der Waals surface area contributed by atoms with E-state index < -0.39 is 0 Å². The quantitative estimate of drug-likeness (QED) is 0.771. The Morgan fingerprint density at radius 1 is 1.56 bits per heavy atom. The number of hydrogen-bond acceptors (Lipinski definition) is 2. The van der Waals surface area contributed by atoms with Crippen molar-refractivity contribution in [1.82, 2.24) is 5.32 Å². The van der Waals surface area contributed by atoms with Gasteiger partial charge in [0.05, 0.1) is 7.11 Å². The van der Waals surface area contributed by atoms with Gasteiger partial charge in [0.1, 0.15) is 11.6 Å². The van der Waals surface area contributed by atoms with Crippen LogP contribution in [-0.2, 0) is 0 Å². The van der Waals surface area contributed by atoms with Gasteiger partial charge in [0.15, 0.2) is 0 Å². The summed E-state index contributed by atoms with van der Waals surface area (Å²) in [5.41, 5.74) is 0.504. The standard InChI is InChI=1S/C13H16FNO/c1-4-7-11(15-5-2)13-10(14)8-6-9-12(13)16-3/h1,6,8-9,11,15H,5,7H2,2-3H3. The maximum absolute atomic E-state index is 13.7. The van der Waals surface area contributed by atoms with Crippen LogP contribution in [0.1, 0.15) is 24.9 Å². The molecule has 0 aliphatic rings. The van der Waals surface area contributed by atoms with Crippen molar-refractivity contribution in [3.63, 3.8) is 0 Å². The molecule has 0 saturated heterocycles. The van der Waals surface area contributed by atoms with E-state index in [1.54, 1.807) is 12.1 Å². The van der Waals surface area contributed by atoms with Crippen molar-refractivity contribution in [2.24, 2.45) is 0 Å². The minimum absolute atomic E-state index is 0.203. The first-order valence-corrected chi connectivity index (χ1v) is 5.23. The minimum atomic E-state index is -0.291. The molecule has 3 heteroatoms. The maximum atomic E-state index is 13.7. The van der Waals surface area contributed by atoms with Crippen LogP contribution in [0.15, 0.2) is 18.2 Å². The SMILES string of the molecule is C#CCC(NCC)c1c(F)cccc1OC. The molecule has 1 aromatic carbocycles. The second-order valence-electron chi connectivity index (χ2n) is 3.37. The van der Waals surface area contributed by atoms with Crippen molar-refractivity contribution in [2.45, 2.75) is 19.4 Å². The summed E-state index contributed by atoms with van der Waals surface area (Å²) < 4.78 is 18.9. The van der Waals surface area contributed by atoms with Gasteiger partial charge in [-0.05, 0) is 18.7 Å². The fraction of sp³-hybridized carbons (Fsp3) is 0.385. The Morgan fingerprint density at radius 3 is 2.88 bits per heavy atom. The third-order valence-corrected chi connectivity index (χ3v) is 2.35. The van der Waals surface area contributed by atoms with Crippen LogP contribution < -0.4 is 10.1 Å². The van der Waals surface area contributed by atoms with E-state index in [9.17, 15) is 4.39 Å². The lowest BCUT2D eigenvalue weighted by Gasteiger charge is -2.19. The molecule has 0 aliphatic carbocycles. The number of terminal acetylenes is 1. The lowest BCUT2D eigenvalue weighted by molar-refractivity contribution is 0.392. The summed E-state index contributed by atoms with van der Waals surface area (Å²) in [6.07, 6.45) is 5.72. The zero-order valence-electron chi connectivity index (χ0n) is 9.59. The highest BCUT2D eigenvalue weighted by atomic mass is 19.1. The zero-order chi connectivity index (χ0) is 12.0. The molecule has 1 rings (SSSR count). The number of ether oxygens (including phenoxy) is 1. The fourth-order valence-corrected chi connectivity index (χ4v) is 1.67. The van der Waals surface area contributed by atoms with Gasteiger partial charge in [-0.3, -0.25) is 0 Å². The summed E-state index contributed by atoms with van der Waals surface area (Å²) in [7, 11) is 1.52. The van der Waals surface area contributed by atoms with E-state index in [-0.39, 0.29) is 11.9 Å². The molecule has 0 heterocycles. The summed E-state index contributed by atoms with van der Waals surface area (Å²) >= 11 is 0. The van der Waals surface area contributed by atoms with Gasteiger partial charge in [-0.25, -0.2) is 4.39 Å². The summed E-state index contributed by atoms with van der Waals surface area (Å²) in [4.78, 5) is 0. The lowest BCUT2D eigenvalue weighted by atomic mass is 10.0. The van der Waals surface area contributed by atoms with Gasteiger partial charge in [-0.15, -0.1) is 12.3 Å². The molecule has 0 aliphatic heterocycles. The Morgan fingerprint density at radius 2 is 2.31 bits per heavy atom. The van der Waals surface area contributed by atoms with Gasteiger partial charge in [-0.1, -0.05) is 13.0 Å². The third-order valence-electron chi connectivity index (χ3n) is 2.35. The van der Waals surface area contributed by atoms with Crippen LogP contribution in [0.5, 0.6) is 5.75 Å². The average Bonchev–Trinajstić information content (AvgIpc) is 2.28. The molecule has 0 amide bonds. The highest BCUT2D eigenvalue weighted by Crippen LogP contribution is 2.29. The highest BCUT2D eigenvalue weighted by Gasteiger charge is 2.18. The fourth-order valence-electron chi connectivity index (χ4n) is 1.67. The molecule has 0 bridgehead atoms. The second kappa shape index (κ2) is 6.14. The molecule has 0 fully saturated rings. The van der Waals surface area contributed by atoms with Crippen molar-refractivity contribution < 1.29 is 9.13 Å². The first kappa shape index (κ1) is 12.5. The molecule has 0 spiro atoms. The van der Waals surface area contributed by atoms with Crippen molar-refractivity contribution in [1.29, 1.82) is 0 Å². The summed E-state index contributed by atoms with van der Waals surface area (Å²) in [6, 6.07) is 4.57. The molecule has 1 aromatic rings. The van der Waals surface area contributed by atoms with E-state index in [0.717, 1.165) is 6.54 Å². The molecule has 1 atom stereocenters. The third kappa shape index (κ3) is 2.74. The van der Waals surface area contributed by atoms with Crippen LogP contribution in [0.3, 0.4) is 0 Å². The van der Waals surface area contributed by atoms with Crippen LogP contribution >= 0.6 is 0 Å². The monoisotopic (exact) mass is 221 g/mol. The Labute approximate surface area is 95.8 Å². The lowest BCUT2D eigenvalue weighted by Crippen LogP contribution is -2.22. The molecule has 0 aromatic heterocycles. The van der Waals surface area contributed by atoms with E-state index >= 15 is 0 Å². The van der Waals surface area contributed by atoms with Gasteiger partial charge >= 0.3 is 0 Å². The highest BCUT2D eigenvalue weighted by molar-refractivity contribution is 5.37. The number of benzene rings is 1. The van der Waals surface area contributed by atoms with Gasteiger partial charge in [0.25, 0.3) is 0 Å². The van der Waals surface area contributed by atoms with E-state index in [2.05, 4.69) is 11.2 Å². The van der Waals surface area contributed by atoms with Crippen LogP contribution in [0, 0.1) is 18.2 Å². The first-order chi connectivity index (χ1) is 7.74. The van der Waals surface area contributed by atoms with Crippen LogP contribution in [0.25, 0.3) is 0 Å². The summed E-state index contributed by atoms with van der Waals surface area (Å²) in [5.74, 6) is 2.78. The summed E-state index contributed by atoms with van der Waals surface area (Å²) in [5, 5.41) is 3.15. The van der Waals surface area contributed by atoms with E-state index in [0.29, 0.717) is 17.7 Å². The van der Waals surface area contributed by atoms with Crippen molar-refractivity contribution in [3.8, 4) is 18.1 Å². The van der Waals surface area contributed by atoms with Gasteiger partial charge in [0.2, 0.25) is 0 Å². The molecule has 0 saturated carbocycles. The number of methoxy groups -OCH3 is 1. The summed E-state index contributed by atoms with van der Waals surface area (Å²) in [6.45, 7) is 2.68. The van der Waals surface area contributed by atoms with Crippen LogP contribution in [0.2, 0.25) is 0 Å². The smallest absolute Gasteiger partial charge is 0.131 e.